The maximum Gasteiger partial charge on any atom is 0.205 e. The van der Waals surface area contributed by atoms with Gasteiger partial charge >= 0.3 is 0 Å². The van der Waals surface area contributed by atoms with Crippen LogP contribution in [0.25, 0.3) is 0 Å². The SMILES string of the molecule is CCCCCCCCCCCCSSc1nnc([S])s1. The summed E-state index contributed by atoms with van der Waals surface area (Å²) in [6, 6.07) is 0. The molecular weight excluding hydrogens is 324 g/mol. The molecule has 0 spiro atoms. The molecule has 20 heavy (non-hydrogen) atoms. The third-order valence-electron chi connectivity index (χ3n) is 3.10. The van der Waals surface area contributed by atoms with Crippen molar-refractivity contribution in [2.24, 2.45) is 0 Å². The fourth-order valence-corrected chi connectivity index (χ4v) is 5.42. The summed E-state index contributed by atoms with van der Waals surface area (Å²) >= 11 is 6.45. The average molecular weight is 350 g/mol. The summed E-state index contributed by atoms with van der Waals surface area (Å²) in [7, 11) is 3.59. The predicted molar refractivity (Wildman–Crippen MR) is 95.9 cm³/mol. The van der Waals surface area contributed by atoms with Gasteiger partial charge in [0.2, 0.25) is 4.34 Å². The second-order valence-corrected chi connectivity index (χ2v) is 9.21. The molecule has 0 unspecified atom stereocenters. The van der Waals surface area contributed by atoms with E-state index in [0.29, 0.717) is 4.34 Å². The molecule has 0 N–H and O–H groups in total. The van der Waals surface area contributed by atoms with Gasteiger partial charge in [0.25, 0.3) is 0 Å². The Morgan fingerprint density at radius 1 is 0.900 bits per heavy atom. The van der Waals surface area contributed by atoms with Crippen molar-refractivity contribution in [2.45, 2.75) is 79.8 Å². The van der Waals surface area contributed by atoms with Crippen molar-refractivity contribution in [1.82, 2.24) is 10.2 Å². The van der Waals surface area contributed by atoms with E-state index in [9.17, 15) is 0 Å². The molecule has 0 fully saturated rings. The summed E-state index contributed by atoms with van der Waals surface area (Å²) in [5.74, 6) is 1.20. The Balaban J connectivity index is 1.76. The van der Waals surface area contributed by atoms with Crippen LogP contribution in [-0.2, 0) is 0 Å². The summed E-state index contributed by atoms with van der Waals surface area (Å²) < 4.78 is 1.64. The maximum absolute atomic E-state index is 4.95. The molecule has 0 aliphatic rings. The molecule has 0 aliphatic carbocycles. The molecule has 115 valence electrons. The third kappa shape index (κ3) is 10.2. The number of rotatable bonds is 13. The van der Waals surface area contributed by atoms with Crippen LogP contribution in [0.1, 0.15) is 71.1 Å². The van der Waals surface area contributed by atoms with Crippen LogP contribution in [-0.4, -0.2) is 16.0 Å². The Bertz CT molecular complexity index is 331. The van der Waals surface area contributed by atoms with E-state index in [1.165, 1.54) is 81.3 Å². The van der Waals surface area contributed by atoms with E-state index in [0.717, 1.165) is 4.34 Å². The van der Waals surface area contributed by atoms with Crippen LogP contribution in [0.3, 0.4) is 0 Å². The van der Waals surface area contributed by atoms with Gasteiger partial charge in [0.05, 0.1) is 0 Å². The normalized spacial score (nSPS) is 11.1. The van der Waals surface area contributed by atoms with Gasteiger partial charge in [0.1, 0.15) is 0 Å². The highest BCUT2D eigenvalue weighted by molar-refractivity contribution is 8.77. The van der Waals surface area contributed by atoms with Gasteiger partial charge in [0.15, 0.2) is 4.34 Å². The molecule has 2 nitrogen and oxygen atoms in total. The van der Waals surface area contributed by atoms with Crippen molar-refractivity contribution in [2.75, 3.05) is 5.75 Å². The molecule has 0 amide bonds. The monoisotopic (exact) mass is 349 g/mol. The molecule has 0 aromatic carbocycles. The Hall–Kier alpha value is 0.480. The summed E-state index contributed by atoms with van der Waals surface area (Å²) in [5, 5.41) is 7.85. The van der Waals surface area contributed by atoms with Crippen LogP contribution in [0.15, 0.2) is 8.68 Å². The van der Waals surface area contributed by atoms with Crippen LogP contribution in [0, 0.1) is 0 Å². The molecule has 1 heterocycles. The summed E-state index contributed by atoms with van der Waals surface area (Å²) in [5.41, 5.74) is 0. The Morgan fingerprint density at radius 2 is 1.50 bits per heavy atom. The van der Waals surface area contributed by atoms with Crippen LogP contribution in [0.5, 0.6) is 0 Å². The topological polar surface area (TPSA) is 25.8 Å². The molecule has 0 saturated heterocycles. The van der Waals surface area contributed by atoms with Gasteiger partial charge in [-0.2, -0.15) is 0 Å². The molecule has 1 radical (unpaired) electrons. The quantitative estimate of drug-likeness (QED) is 0.290. The Morgan fingerprint density at radius 3 is 2.05 bits per heavy atom. The minimum atomic E-state index is 0.645. The van der Waals surface area contributed by atoms with Gasteiger partial charge in [-0.15, -0.1) is 10.2 Å². The van der Waals surface area contributed by atoms with Crippen molar-refractivity contribution in [1.29, 1.82) is 0 Å². The first-order chi connectivity index (χ1) is 9.83. The minimum absolute atomic E-state index is 0.645. The number of nitrogens with zero attached hydrogens (tertiary/aromatic N) is 2. The largest absolute Gasteiger partial charge is 0.205 e. The number of aromatic nitrogens is 2. The molecule has 6 heteroatoms. The Labute approximate surface area is 141 Å². The fraction of sp³-hybridized carbons (Fsp3) is 0.857. The smallest absolute Gasteiger partial charge is 0.130 e. The minimum Gasteiger partial charge on any atom is -0.130 e. The van der Waals surface area contributed by atoms with E-state index in [1.54, 1.807) is 10.8 Å². The van der Waals surface area contributed by atoms with E-state index in [1.807, 2.05) is 10.8 Å². The lowest BCUT2D eigenvalue weighted by atomic mass is 10.1. The van der Waals surface area contributed by atoms with E-state index in [-0.39, 0.29) is 0 Å². The van der Waals surface area contributed by atoms with Crippen molar-refractivity contribution in [3.63, 3.8) is 0 Å². The second kappa shape index (κ2) is 13.2. The molecule has 0 atom stereocenters. The van der Waals surface area contributed by atoms with Crippen LogP contribution >= 0.6 is 45.6 Å². The molecular formula is C14H25N2S4. The predicted octanol–water partition coefficient (Wildman–Crippen LogP) is 6.76. The van der Waals surface area contributed by atoms with Crippen molar-refractivity contribution >= 4 is 45.6 Å². The summed E-state index contributed by atoms with van der Waals surface area (Å²) in [4.78, 5) is 0. The van der Waals surface area contributed by atoms with Gasteiger partial charge in [0, 0.05) is 5.75 Å². The Kier molecular flexibility index (Phi) is 12.2. The number of hydrogen-bond donors (Lipinski definition) is 0. The first-order valence-corrected chi connectivity index (χ1v) is 11.2. The average Bonchev–Trinajstić information content (AvgIpc) is 2.86. The van der Waals surface area contributed by atoms with Crippen molar-refractivity contribution < 1.29 is 0 Å². The maximum atomic E-state index is 4.95. The molecule has 0 aliphatic heterocycles. The lowest BCUT2D eigenvalue weighted by molar-refractivity contribution is 0.563. The molecule has 0 saturated carbocycles. The number of hydrogen-bond acceptors (Lipinski definition) is 5. The first kappa shape index (κ1) is 18.5. The molecule has 0 bridgehead atoms. The molecule has 1 aromatic rings. The van der Waals surface area contributed by atoms with Crippen LogP contribution < -0.4 is 0 Å². The molecule has 1 aromatic heterocycles. The zero-order valence-corrected chi connectivity index (χ0v) is 15.6. The fourth-order valence-electron chi connectivity index (χ4n) is 1.97. The highest BCUT2D eigenvalue weighted by atomic mass is 33.1. The molecule has 1 rings (SSSR count). The van der Waals surface area contributed by atoms with Gasteiger partial charge < -0.3 is 0 Å². The zero-order valence-electron chi connectivity index (χ0n) is 12.3. The number of unbranched alkanes of at least 4 members (excludes halogenated alkanes) is 9. The highest BCUT2D eigenvalue weighted by Crippen LogP contribution is 2.34. The van der Waals surface area contributed by atoms with E-state index >= 15 is 0 Å². The van der Waals surface area contributed by atoms with E-state index in [2.05, 4.69) is 17.1 Å². The first-order valence-electron chi connectivity index (χ1n) is 7.63. The van der Waals surface area contributed by atoms with E-state index in [4.69, 9.17) is 12.6 Å². The van der Waals surface area contributed by atoms with Crippen LogP contribution in [0.2, 0.25) is 0 Å². The van der Waals surface area contributed by atoms with Crippen LogP contribution in [0.4, 0.5) is 0 Å². The zero-order chi connectivity index (χ0) is 14.5. The summed E-state index contributed by atoms with van der Waals surface area (Å²) in [6.45, 7) is 2.28. The van der Waals surface area contributed by atoms with Gasteiger partial charge in [-0.25, -0.2) is 0 Å². The summed E-state index contributed by atoms with van der Waals surface area (Å²) in [6.07, 6.45) is 14.0. The van der Waals surface area contributed by atoms with Crippen molar-refractivity contribution in [3.05, 3.63) is 0 Å². The standard InChI is InChI=1S/C14H25N2S4/c1-2-3-4-5-6-7-8-9-10-11-12-18-20-14-16-15-13(17)19-14/h2-12H2,1H3. The van der Waals surface area contributed by atoms with Gasteiger partial charge in [-0.3, -0.25) is 0 Å². The third-order valence-corrected chi connectivity index (χ3v) is 6.88. The van der Waals surface area contributed by atoms with Gasteiger partial charge in [-0.05, 0) is 29.8 Å². The lowest BCUT2D eigenvalue weighted by Gasteiger charge is -2.02. The van der Waals surface area contributed by atoms with Gasteiger partial charge in [-0.1, -0.05) is 86.8 Å². The highest BCUT2D eigenvalue weighted by Gasteiger charge is 2.02. The second-order valence-electron chi connectivity index (χ2n) is 4.92. The lowest BCUT2D eigenvalue weighted by Crippen LogP contribution is -1.83. The van der Waals surface area contributed by atoms with E-state index < -0.39 is 0 Å². The van der Waals surface area contributed by atoms with Crippen molar-refractivity contribution in [3.8, 4) is 0 Å².